The van der Waals surface area contributed by atoms with E-state index in [1.165, 1.54) is 0 Å². The molecule has 0 aliphatic rings. The summed E-state index contributed by atoms with van der Waals surface area (Å²) in [5.74, 6) is 0.374. The second-order valence-corrected chi connectivity index (χ2v) is 4.73. The van der Waals surface area contributed by atoms with Crippen LogP contribution in [-0.2, 0) is 0 Å². The average Bonchev–Trinajstić information content (AvgIpc) is 2.41. The van der Waals surface area contributed by atoms with Crippen LogP contribution in [0.1, 0.15) is 21.5 Å². The van der Waals surface area contributed by atoms with E-state index in [9.17, 15) is 4.79 Å². The van der Waals surface area contributed by atoms with Crippen LogP contribution in [0.3, 0.4) is 0 Å². The molecule has 0 bridgehead atoms. The van der Waals surface area contributed by atoms with Crippen molar-refractivity contribution < 1.29 is 9.53 Å². The number of carbonyl (C=O) groups is 1. The summed E-state index contributed by atoms with van der Waals surface area (Å²) in [5, 5.41) is 2.88. The second-order valence-electron chi connectivity index (χ2n) is 4.73. The SMILES string of the molecule is COc1ccc(C(=O)Nc2ccc(C)cc2C)cc1N. The Labute approximate surface area is 118 Å². The largest absolute Gasteiger partial charge is 0.495 e. The van der Waals surface area contributed by atoms with Crippen LogP contribution in [0.2, 0.25) is 0 Å². The molecule has 2 aromatic rings. The van der Waals surface area contributed by atoms with Crippen molar-refractivity contribution in [1.82, 2.24) is 0 Å². The molecule has 4 heteroatoms. The first-order chi connectivity index (χ1) is 9.51. The highest BCUT2D eigenvalue weighted by Gasteiger charge is 2.10. The molecule has 0 atom stereocenters. The van der Waals surface area contributed by atoms with E-state index < -0.39 is 0 Å². The smallest absolute Gasteiger partial charge is 0.255 e. The van der Waals surface area contributed by atoms with Gasteiger partial charge in [0.15, 0.2) is 0 Å². The Morgan fingerprint density at radius 2 is 1.90 bits per heavy atom. The summed E-state index contributed by atoms with van der Waals surface area (Å²) in [4.78, 5) is 12.2. The molecule has 0 aliphatic carbocycles. The Balaban J connectivity index is 2.21. The van der Waals surface area contributed by atoms with Crippen molar-refractivity contribution in [1.29, 1.82) is 0 Å². The third-order valence-corrected chi connectivity index (χ3v) is 3.12. The zero-order chi connectivity index (χ0) is 14.7. The summed E-state index contributed by atoms with van der Waals surface area (Å²) in [7, 11) is 1.54. The predicted octanol–water partition coefficient (Wildman–Crippen LogP) is 3.15. The van der Waals surface area contributed by atoms with Crippen LogP contribution >= 0.6 is 0 Å². The summed E-state index contributed by atoms with van der Waals surface area (Å²) in [6.07, 6.45) is 0. The third-order valence-electron chi connectivity index (χ3n) is 3.12. The number of hydrogen-bond donors (Lipinski definition) is 2. The molecule has 1 amide bonds. The van der Waals surface area contributed by atoms with Crippen LogP contribution < -0.4 is 15.8 Å². The normalized spacial score (nSPS) is 10.2. The van der Waals surface area contributed by atoms with Crippen molar-refractivity contribution in [2.24, 2.45) is 0 Å². The summed E-state index contributed by atoms with van der Waals surface area (Å²) in [6.45, 7) is 3.98. The molecule has 3 N–H and O–H groups in total. The lowest BCUT2D eigenvalue weighted by molar-refractivity contribution is 0.102. The van der Waals surface area contributed by atoms with Gasteiger partial charge in [-0.25, -0.2) is 0 Å². The summed E-state index contributed by atoms with van der Waals surface area (Å²) < 4.78 is 5.07. The van der Waals surface area contributed by atoms with E-state index in [1.807, 2.05) is 32.0 Å². The molecule has 2 aromatic carbocycles. The van der Waals surface area contributed by atoms with Gasteiger partial charge in [-0.15, -0.1) is 0 Å². The molecule has 0 heterocycles. The van der Waals surface area contributed by atoms with E-state index in [1.54, 1.807) is 25.3 Å². The first kappa shape index (κ1) is 13.9. The van der Waals surface area contributed by atoms with Crippen LogP contribution in [0.15, 0.2) is 36.4 Å². The van der Waals surface area contributed by atoms with Gasteiger partial charge in [0.1, 0.15) is 5.75 Å². The number of amides is 1. The van der Waals surface area contributed by atoms with Crippen molar-refractivity contribution in [2.45, 2.75) is 13.8 Å². The van der Waals surface area contributed by atoms with E-state index in [2.05, 4.69) is 5.32 Å². The minimum Gasteiger partial charge on any atom is -0.495 e. The van der Waals surface area contributed by atoms with Crippen molar-refractivity contribution >= 4 is 17.3 Å². The number of aryl methyl sites for hydroxylation is 2. The highest BCUT2D eigenvalue weighted by atomic mass is 16.5. The van der Waals surface area contributed by atoms with Gasteiger partial charge in [-0.3, -0.25) is 4.79 Å². The maximum absolute atomic E-state index is 12.2. The Hall–Kier alpha value is -2.49. The molecular weight excluding hydrogens is 252 g/mol. The molecule has 0 aromatic heterocycles. The van der Waals surface area contributed by atoms with E-state index in [0.29, 0.717) is 17.0 Å². The lowest BCUT2D eigenvalue weighted by Gasteiger charge is -2.10. The molecule has 4 nitrogen and oxygen atoms in total. The predicted molar refractivity (Wildman–Crippen MR) is 81.3 cm³/mol. The molecule has 0 saturated carbocycles. The Morgan fingerprint density at radius 1 is 1.15 bits per heavy atom. The van der Waals surface area contributed by atoms with Crippen LogP contribution in [0.5, 0.6) is 5.75 Å². The number of anilines is 2. The fourth-order valence-corrected chi connectivity index (χ4v) is 2.02. The average molecular weight is 270 g/mol. The van der Waals surface area contributed by atoms with Gasteiger partial charge in [-0.1, -0.05) is 17.7 Å². The molecule has 2 rings (SSSR count). The molecule has 20 heavy (non-hydrogen) atoms. The van der Waals surface area contributed by atoms with E-state index in [0.717, 1.165) is 16.8 Å². The van der Waals surface area contributed by atoms with E-state index in [4.69, 9.17) is 10.5 Å². The van der Waals surface area contributed by atoms with Gasteiger partial charge in [0.2, 0.25) is 0 Å². The quantitative estimate of drug-likeness (QED) is 0.842. The number of methoxy groups -OCH3 is 1. The number of rotatable bonds is 3. The number of nitrogens with one attached hydrogen (secondary N) is 1. The van der Waals surface area contributed by atoms with E-state index in [-0.39, 0.29) is 5.91 Å². The van der Waals surface area contributed by atoms with Gasteiger partial charge < -0.3 is 15.8 Å². The van der Waals surface area contributed by atoms with Crippen LogP contribution in [0.25, 0.3) is 0 Å². The number of nitrogen functional groups attached to an aromatic ring is 1. The summed E-state index contributed by atoms with van der Waals surface area (Å²) in [5.41, 5.74) is 9.75. The van der Waals surface area contributed by atoms with Crippen LogP contribution in [0, 0.1) is 13.8 Å². The minimum absolute atomic E-state index is 0.189. The lowest BCUT2D eigenvalue weighted by Crippen LogP contribution is -2.13. The second kappa shape index (κ2) is 5.65. The minimum atomic E-state index is -0.189. The fraction of sp³-hybridized carbons (Fsp3) is 0.188. The zero-order valence-corrected chi connectivity index (χ0v) is 11.9. The highest BCUT2D eigenvalue weighted by Crippen LogP contribution is 2.23. The van der Waals surface area contributed by atoms with Crippen molar-refractivity contribution in [3.05, 3.63) is 53.1 Å². The number of hydrogen-bond acceptors (Lipinski definition) is 3. The monoisotopic (exact) mass is 270 g/mol. The third kappa shape index (κ3) is 2.91. The zero-order valence-electron chi connectivity index (χ0n) is 11.9. The van der Waals surface area contributed by atoms with Gasteiger partial charge in [-0.05, 0) is 43.7 Å². The molecular formula is C16H18N2O2. The summed E-state index contributed by atoms with van der Waals surface area (Å²) >= 11 is 0. The van der Waals surface area contributed by atoms with Crippen molar-refractivity contribution in [2.75, 3.05) is 18.2 Å². The molecule has 104 valence electrons. The first-order valence-corrected chi connectivity index (χ1v) is 6.33. The fourth-order valence-electron chi connectivity index (χ4n) is 2.02. The molecule has 0 aliphatic heterocycles. The molecule has 0 unspecified atom stereocenters. The maximum atomic E-state index is 12.2. The van der Waals surface area contributed by atoms with Crippen LogP contribution in [-0.4, -0.2) is 13.0 Å². The van der Waals surface area contributed by atoms with Gasteiger partial charge in [-0.2, -0.15) is 0 Å². The molecule has 0 spiro atoms. The van der Waals surface area contributed by atoms with Gasteiger partial charge in [0.05, 0.1) is 12.8 Å². The lowest BCUT2D eigenvalue weighted by atomic mass is 10.1. The van der Waals surface area contributed by atoms with Gasteiger partial charge in [0, 0.05) is 11.3 Å². The van der Waals surface area contributed by atoms with Crippen molar-refractivity contribution in [3.63, 3.8) is 0 Å². The molecule has 0 fully saturated rings. The van der Waals surface area contributed by atoms with Gasteiger partial charge >= 0.3 is 0 Å². The molecule has 0 radical (unpaired) electrons. The Kier molecular flexibility index (Phi) is 3.94. The number of benzene rings is 2. The number of ether oxygens (including phenoxy) is 1. The van der Waals surface area contributed by atoms with Gasteiger partial charge in [0.25, 0.3) is 5.91 Å². The first-order valence-electron chi connectivity index (χ1n) is 6.33. The number of carbonyl (C=O) groups excluding carboxylic acids is 1. The number of nitrogens with two attached hydrogens (primary N) is 1. The maximum Gasteiger partial charge on any atom is 0.255 e. The van der Waals surface area contributed by atoms with E-state index >= 15 is 0 Å². The summed E-state index contributed by atoms with van der Waals surface area (Å²) in [6, 6.07) is 10.9. The Bertz CT molecular complexity index is 651. The standard InChI is InChI=1S/C16H18N2O2/c1-10-4-6-14(11(2)8-10)18-16(19)12-5-7-15(20-3)13(17)9-12/h4-9H,17H2,1-3H3,(H,18,19). The molecule has 0 saturated heterocycles. The van der Waals surface area contributed by atoms with Crippen molar-refractivity contribution in [3.8, 4) is 5.75 Å². The Morgan fingerprint density at radius 3 is 2.50 bits per heavy atom. The van der Waals surface area contributed by atoms with Crippen LogP contribution in [0.4, 0.5) is 11.4 Å². The topological polar surface area (TPSA) is 64.3 Å². The highest BCUT2D eigenvalue weighted by molar-refractivity contribution is 6.05.